The van der Waals surface area contributed by atoms with E-state index in [2.05, 4.69) is 13.8 Å². The van der Waals surface area contributed by atoms with E-state index < -0.39 is 24.0 Å². The van der Waals surface area contributed by atoms with Gasteiger partial charge in [0.25, 0.3) is 0 Å². The molecule has 18 heavy (non-hydrogen) atoms. The summed E-state index contributed by atoms with van der Waals surface area (Å²) < 4.78 is 5.30. The lowest BCUT2D eigenvalue weighted by molar-refractivity contribution is -0.103. The number of aliphatic hydroxyl groups is 2. The molecule has 0 bridgehead atoms. The molecular weight excluding hydrogens is 234 g/mol. The molecule has 104 valence electrons. The Labute approximate surface area is 108 Å². The molecule has 2 N–H and O–H groups in total. The summed E-state index contributed by atoms with van der Waals surface area (Å²) in [5.74, 6) is 0.502. The van der Waals surface area contributed by atoms with Gasteiger partial charge in [0.15, 0.2) is 6.29 Å². The van der Waals surface area contributed by atoms with Crippen molar-refractivity contribution in [3.8, 4) is 0 Å². The zero-order valence-electron chi connectivity index (χ0n) is 11.7. The number of ether oxygens (including phenoxy) is 1. The molecular formula is C13H23NO4. The Morgan fingerprint density at radius 2 is 1.94 bits per heavy atom. The Hall–Kier alpha value is -0.810. The van der Waals surface area contributed by atoms with Gasteiger partial charge in [-0.2, -0.15) is 0 Å². The SMILES string of the molecule is CC(C)(C)OC(=O)N1C[C@H]2[C@@H]([C@H]1C(O)O)C2(C)C. The summed E-state index contributed by atoms with van der Waals surface area (Å²) in [5.41, 5.74) is -0.475. The summed E-state index contributed by atoms with van der Waals surface area (Å²) in [6.07, 6.45) is -1.96. The molecule has 0 aromatic carbocycles. The van der Waals surface area contributed by atoms with Crippen molar-refractivity contribution < 1.29 is 19.7 Å². The minimum Gasteiger partial charge on any atom is -0.444 e. The van der Waals surface area contributed by atoms with Crippen LogP contribution in [0.25, 0.3) is 0 Å². The standard InChI is InChI=1S/C13H23NO4/c1-12(2,3)18-11(17)14-6-7-8(13(7,4)5)9(14)10(15)16/h7-10,15-16H,6H2,1-5H3/t7-,8-,9-/m0/s1. The first-order valence-electron chi connectivity index (χ1n) is 6.41. The van der Waals surface area contributed by atoms with Crippen LogP contribution in [-0.4, -0.2) is 45.7 Å². The van der Waals surface area contributed by atoms with Gasteiger partial charge in [-0.1, -0.05) is 13.8 Å². The molecule has 2 fully saturated rings. The van der Waals surface area contributed by atoms with Crippen molar-refractivity contribution in [1.29, 1.82) is 0 Å². The lowest BCUT2D eigenvalue weighted by atomic mass is 10.0. The zero-order chi connectivity index (χ0) is 13.9. The van der Waals surface area contributed by atoms with Crippen LogP contribution in [0, 0.1) is 17.3 Å². The van der Waals surface area contributed by atoms with Crippen LogP contribution in [0.4, 0.5) is 4.79 Å². The van der Waals surface area contributed by atoms with Crippen molar-refractivity contribution in [2.24, 2.45) is 17.3 Å². The molecule has 2 aliphatic rings. The first kappa shape index (κ1) is 13.6. The lowest BCUT2D eigenvalue weighted by Gasteiger charge is -2.33. The third-order valence-corrected chi connectivity index (χ3v) is 4.19. The molecule has 3 atom stereocenters. The highest BCUT2D eigenvalue weighted by Gasteiger charge is 2.69. The summed E-state index contributed by atoms with van der Waals surface area (Å²) in [6.45, 7) is 10.2. The van der Waals surface area contributed by atoms with Gasteiger partial charge in [0.1, 0.15) is 5.60 Å². The summed E-state index contributed by atoms with van der Waals surface area (Å²) in [7, 11) is 0. The van der Waals surface area contributed by atoms with Crippen LogP contribution in [0.3, 0.4) is 0 Å². The largest absolute Gasteiger partial charge is 0.444 e. The molecule has 0 unspecified atom stereocenters. The highest BCUT2D eigenvalue weighted by atomic mass is 16.6. The molecule has 1 heterocycles. The zero-order valence-corrected chi connectivity index (χ0v) is 11.7. The van der Waals surface area contributed by atoms with E-state index >= 15 is 0 Å². The molecule has 0 spiro atoms. The molecule has 0 aromatic heterocycles. The Kier molecular flexibility index (Phi) is 2.91. The molecule has 5 nitrogen and oxygen atoms in total. The Morgan fingerprint density at radius 1 is 1.39 bits per heavy atom. The third-order valence-electron chi connectivity index (χ3n) is 4.19. The first-order chi connectivity index (χ1) is 8.05. The summed E-state index contributed by atoms with van der Waals surface area (Å²) in [5, 5.41) is 19.0. The molecule has 0 radical (unpaired) electrons. The van der Waals surface area contributed by atoms with Crippen molar-refractivity contribution in [1.82, 2.24) is 4.90 Å². The average Bonchev–Trinajstić information content (AvgIpc) is 2.59. The number of hydrogen-bond donors (Lipinski definition) is 2. The number of nitrogens with zero attached hydrogens (tertiary/aromatic N) is 1. The molecule has 5 heteroatoms. The second-order valence-electron chi connectivity index (χ2n) is 6.99. The van der Waals surface area contributed by atoms with E-state index in [9.17, 15) is 15.0 Å². The maximum atomic E-state index is 12.0. The quantitative estimate of drug-likeness (QED) is 0.692. The van der Waals surface area contributed by atoms with Crippen molar-refractivity contribution in [2.45, 2.75) is 52.6 Å². The molecule has 2 rings (SSSR count). The van der Waals surface area contributed by atoms with Gasteiger partial charge in [-0.05, 0) is 38.0 Å². The summed E-state index contributed by atoms with van der Waals surface area (Å²) in [6, 6.07) is -0.542. The highest BCUT2D eigenvalue weighted by Crippen LogP contribution is 2.65. The number of likely N-dealkylation sites (tertiary alicyclic amines) is 1. The Morgan fingerprint density at radius 3 is 2.39 bits per heavy atom. The highest BCUT2D eigenvalue weighted by molar-refractivity contribution is 5.69. The van der Waals surface area contributed by atoms with Crippen LogP contribution < -0.4 is 0 Å². The van der Waals surface area contributed by atoms with E-state index in [1.165, 1.54) is 4.90 Å². The van der Waals surface area contributed by atoms with Gasteiger partial charge in [-0.25, -0.2) is 4.79 Å². The van der Waals surface area contributed by atoms with E-state index in [0.717, 1.165) is 0 Å². The van der Waals surface area contributed by atoms with Gasteiger partial charge in [0.2, 0.25) is 0 Å². The van der Waals surface area contributed by atoms with E-state index in [1.807, 2.05) is 0 Å². The fourth-order valence-corrected chi connectivity index (χ4v) is 3.20. The smallest absolute Gasteiger partial charge is 0.410 e. The number of hydrogen-bond acceptors (Lipinski definition) is 4. The van der Waals surface area contributed by atoms with Crippen LogP contribution in [0.15, 0.2) is 0 Å². The molecule has 1 amide bonds. The maximum Gasteiger partial charge on any atom is 0.410 e. The van der Waals surface area contributed by atoms with Crippen LogP contribution in [0.5, 0.6) is 0 Å². The second kappa shape index (κ2) is 3.84. The summed E-state index contributed by atoms with van der Waals surface area (Å²) >= 11 is 0. The molecule has 1 aliphatic carbocycles. The fraction of sp³-hybridized carbons (Fsp3) is 0.923. The average molecular weight is 257 g/mol. The number of rotatable bonds is 1. The van der Waals surface area contributed by atoms with Gasteiger partial charge in [0, 0.05) is 6.54 Å². The number of amides is 1. The van der Waals surface area contributed by atoms with Gasteiger partial charge < -0.3 is 14.9 Å². The predicted molar refractivity (Wildman–Crippen MR) is 65.7 cm³/mol. The van der Waals surface area contributed by atoms with Gasteiger partial charge in [0.05, 0.1) is 6.04 Å². The number of fused-ring (bicyclic) bond motifs is 1. The first-order valence-corrected chi connectivity index (χ1v) is 6.41. The number of aliphatic hydroxyl groups excluding tert-OH is 1. The monoisotopic (exact) mass is 257 g/mol. The van der Waals surface area contributed by atoms with Gasteiger partial charge in [-0.15, -0.1) is 0 Å². The molecule has 0 aromatic rings. The van der Waals surface area contributed by atoms with Gasteiger partial charge >= 0.3 is 6.09 Å². The molecule has 1 aliphatic heterocycles. The van der Waals surface area contributed by atoms with E-state index in [4.69, 9.17) is 4.74 Å². The van der Waals surface area contributed by atoms with Crippen LogP contribution in [0.2, 0.25) is 0 Å². The van der Waals surface area contributed by atoms with Crippen molar-refractivity contribution in [2.75, 3.05) is 6.54 Å². The normalized spacial score (nSPS) is 33.6. The summed E-state index contributed by atoms with van der Waals surface area (Å²) in [4.78, 5) is 13.5. The lowest BCUT2D eigenvalue weighted by Crippen LogP contribution is -2.49. The van der Waals surface area contributed by atoms with E-state index in [1.54, 1.807) is 20.8 Å². The Bertz CT molecular complexity index is 358. The number of carbonyl (C=O) groups excluding carboxylic acids is 1. The van der Waals surface area contributed by atoms with Crippen LogP contribution >= 0.6 is 0 Å². The van der Waals surface area contributed by atoms with E-state index in [-0.39, 0.29) is 11.3 Å². The van der Waals surface area contributed by atoms with Crippen LogP contribution in [0.1, 0.15) is 34.6 Å². The number of carbonyl (C=O) groups is 1. The number of piperidine rings is 1. The van der Waals surface area contributed by atoms with E-state index in [0.29, 0.717) is 12.5 Å². The second-order valence-corrected chi connectivity index (χ2v) is 6.99. The Balaban J connectivity index is 2.09. The molecule has 1 saturated carbocycles. The van der Waals surface area contributed by atoms with Crippen LogP contribution in [-0.2, 0) is 4.74 Å². The van der Waals surface area contributed by atoms with Crippen molar-refractivity contribution in [3.63, 3.8) is 0 Å². The fourth-order valence-electron chi connectivity index (χ4n) is 3.20. The predicted octanol–water partition coefficient (Wildman–Crippen LogP) is 1.19. The maximum absolute atomic E-state index is 12.0. The van der Waals surface area contributed by atoms with Gasteiger partial charge in [-0.3, -0.25) is 4.90 Å². The van der Waals surface area contributed by atoms with Crippen molar-refractivity contribution in [3.05, 3.63) is 0 Å². The third kappa shape index (κ3) is 2.10. The minimum absolute atomic E-state index is 0.0902. The minimum atomic E-state index is -1.51. The topological polar surface area (TPSA) is 70.0 Å². The van der Waals surface area contributed by atoms with Crippen molar-refractivity contribution >= 4 is 6.09 Å². The molecule has 1 saturated heterocycles.